The number of nitrogens with one attached hydrogen (secondary N) is 1. The van der Waals surface area contributed by atoms with E-state index >= 15 is 0 Å². The smallest absolute Gasteiger partial charge is 0.118 e. The molecule has 76 valence electrons. The fraction of sp³-hybridized carbons (Fsp3) is 0.500. The van der Waals surface area contributed by atoms with Gasteiger partial charge in [0.25, 0.3) is 0 Å². The summed E-state index contributed by atoms with van der Waals surface area (Å²) < 4.78 is 0. The fourth-order valence-electron chi connectivity index (χ4n) is 1.98. The number of rotatable bonds is 1. The van der Waals surface area contributed by atoms with Gasteiger partial charge in [0.05, 0.1) is 0 Å². The minimum absolute atomic E-state index is 0.412. The highest BCUT2D eigenvalue weighted by Gasteiger charge is 2.14. The first-order valence-electron chi connectivity index (χ1n) is 5.30. The van der Waals surface area contributed by atoms with Crippen molar-refractivity contribution < 1.29 is 5.11 Å². The first kappa shape index (κ1) is 9.53. The van der Waals surface area contributed by atoms with Crippen LogP contribution in [0.1, 0.15) is 36.4 Å². The van der Waals surface area contributed by atoms with Crippen molar-refractivity contribution in [3.05, 3.63) is 29.3 Å². The molecule has 0 aromatic heterocycles. The van der Waals surface area contributed by atoms with Gasteiger partial charge in [-0.2, -0.15) is 0 Å². The molecular formula is C12H17NO. The van der Waals surface area contributed by atoms with Crippen molar-refractivity contribution in [1.82, 2.24) is 5.32 Å². The Balaban J connectivity index is 2.18. The summed E-state index contributed by atoms with van der Waals surface area (Å²) in [5.41, 5.74) is 2.16. The molecule has 1 unspecified atom stereocenters. The molecule has 1 aliphatic heterocycles. The molecular weight excluding hydrogens is 174 g/mol. The quantitative estimate of drug-likeness (QED) is 0.715. The summed E-state index contributed by atoms with van der Waals surface area (Å²) in [5.74, 6) is 0.412. The summed E-state index contributed by atoms with van der Waals surface area (Å²) in [7, 11) is 0. The zero-order valence-corrected chi connectivity index (χ0v) is 8.59. The van der Waals surface area contributed by atoms with E-state index in [1.165, 1.54) is 24.8 Å². The Bertz CT molecular complexity index is 316. The molecule has 0 amide bonds. The van der Waals surface area contributed by atoms with E-state index in [0.29, 0.717) is 11.8 Å². The first-order chi connectivity index (χ1) is 6.77. The maximum atomic E-state index is 9.60. The highest BCUT2D eigenvalue weighted by Crippen LogP contribution is 2.27. The summed E-state index contributed by atoms with van der Waals surface area (Å²) in [6.07, 6.45) is 3.74. The average Bonchev–Trinajstić information content (AvgIpc) is 2.23. The molecule has 1 heterocycles. The van der Waals surface area contributed by atoms with E-state index in [-0.39, 0.29) is 0 Å². The molecule has 0 aliphatic carbocycles. The van der Waals surface area contributed by atoms with Crippen LogP contribution in [0.5, 0.6) is 5.75 Å². The third-order valence-corrected chi connectivity index (χ3v) is 2.95. The van der Waals surface area contributed by atoms with Gasteiger partial charge in [-0.3, -0.25) is 0 Å². The Kier molecular flexibility index (Phi) is 2.73. The molecule has 2 heteroatoms. The van der Waals surface area contributed by atoms with Crippen LogP contribution in [0.2, 0.25) is 0 Å². The molecule has 0 saturated carbocycles. The third kappa shape index (κ3) is 1.90. The SMILES string of the molecule is Cc1ccc(C2CCCCN2)cc1O. The van der Waals surface area contributed by atoms with E-state index in [1.807, 2.05) is 19.1 Å². The largest absolute Gasteiger partial charge is 0.508 e. The summed E-state index contributed by atoms with van der Waals surface area (Å²) in [6.45, 7) is 3.02. The van der Waals surface area contributed by atoms with Gasteiger partial charge in [0, 0.05) is 6.04 Å². The molecule has 1 aromatic carbocycles. The normalized spacial score (nSPS) is 22.2. The van der Waals surface area contributed by atoms with Crippen molar-refractivity contribution in [2.75, 3.05) is 6.54 Å². The summed E-state index contributed by atoms with van der Waals surface area (Å²) in [6, 6.07) is 6.42. The van der Waals surface area contributed by atoms with Crippen molar-refractivity contribution in [1.29, 1.82) is 0 Å². The maximum absolute atomic E-state index is 9.60. The number of aromatic hydroxyl groups is 1. The monoisotopic (exact) mass is 191 g/mol. The molecule has 2 nitrogen and oxygen atoms in total. The van der Waals surface area contributed by atoms with Crippen LogP contribution in [0.15, 0.2) is 18.2 Å². The average molecular weight is 191 g/mol. The molecule has 0 spiro atoms. The van der Waals surface area contributed by atoms with Gasteiger partial charge in [0.15, 0.2) is 0 Å². The van der Waals surface area contributed by atoms with Gasteiger partial charge in [0.2, 0.25) is 0 Å². The number of benzene rings is 1. The van der Waals surface area contributed by atoms with Gasteiger partial charge < -0.3 is 10.4 Å². The van der Waals surface area contributed by atoms with Gasteiger partial charge in [-0.1, -0.05) is 18.6 Å². The van der Waals surface area contributed by atoms with E-state index in [4.69, 9.17) is 0 Å². The predicted octanol–water partition coefficient (Wildman–Crippen LogP) is 2.52. The van der Waals surface area contributed by atoms with Crippen LogP contribution >= 0.6 is 0 Å². The van der Waals surface area contributed by atoms with Crippen LogP contribution in [0, 0.1) is 6.92 Å². The van der Waals surface area contributed by atoms with Crippen molar-refractivity contribution in [3.8, 4) is 5.75 Å². The Labute approximate surface area is 85.0 Å². The molecule has 14 heavy (non-hydrogen) atoms. The Morgan fingerprint density at radius 3 is 2.86 bits per heavy atom. The lowest BCUT2D eigenvalue weighted by Gasteiger charge is -2.24. The van der Waals surface area contributed by atoms with Crippen LogP contribution in [-0.2, 0) is 0 Å². The number of phenolic OH excluding ortho intramolecular Hbond substituents is 1. The minimum Gasteiger partial charge on any atom is -0.508 e. The topological polar surface area (TPSA) is 32.3 Å². The Morgan fingerprint density at radius 2 is 2.21 bits per heavy atom. The molecule has 1 saturated heterocycles. The molecule has 0 bridgehead atoms. The van der Waals surface area contributed by atoms with Crippen molar-refractivity contribution >= 4 is 0 Å². The highest BCUT2D eigenvalue weighted by molar-refractivity contribution is 5.36. The Morgan fingerprint density at radius 1 is 1.36 bits per heavy atom. The standard InChI is InChI=1S/C12H17NO/c1-9-5-6-10(8-12(9)14)11-4-2-3-7-13-11/h5-6,8,11,13-14H,2-4,7H2,1H3. The fourth-order valence-corrected chi connectivity index (χ4v) is 1.98. The molecule has 2 rings (SSSR count). The number of aryl methyl sites for hydroxylation is 1. The van der Waals surface area contributed by atoms with Crippen LogP contribution in [-0.4, -0.2) is 11.7 Å². The van der Waals surface area contributed by atoms with E-state index in [2.05, 4.69) is 11.4 Å². The van der Waals surface area contributed by atoms with Gasteiger partial charge in [-0.15, -0.1) is 0 Å². The van der Waals surface area contributed by atoms with Crippen LogP contribution in [0.25, 0.3) is 0 Å². The maximum Gasteiger partial charge on any atom is 0.118 e. The number of piperidine rings is 1. The zero-order valence-electron chi connectivity index (χ0n) is 8.59. The van der Waals surface area contributed by atoms with Crippen molar-refractivity contribution in [2.24, 2.45) is 0 Å². The highest BCUT2D eigenvalue weighted by atomic mass is 16.3. The summed E-state index contributed by atoms with van der Waals surface area (Å²) >= 11 is 0. The Hall–Kier alpha value is -1.02. The predicted molar refractivity (Wildman–Crippen MR) is 57.4 cm³/mol. The lowest BCUT2D eigenvalue weighted by molar-refractivity contribution is 0.409. The molecule has 1 fully saturated rings. The van der Waals surface area contributed by atoms with Gasteiger partial charge in [-0.05, 0) is 43.5 Å². The van der Waals surface area contributed by atoms with Gasteiger partial charge in [0.1, 0.15) is 5.75 Å². The zero-order chi connectivity index (χ0) is 9.97. The second-order valence-electron chi connectivity index (χ2n) is 4.05. The van der Waals surface area contributed by atoms with Crippen LogP contribution < -0.4 is 5.32 Å². The van der Waals surface area contributed by atoms with E-state index in [0.717, 1.165) is 12.1 Å². The summed E-state index contributed by atoms with van der Waals surface area (Å²) in [5, 5.41) is 13.1. The van der Waals surface area contributed by atoms with E-state index in [9.17, 15) is 5.11 Å². The van der Waals surface area contributed by atoms with E-state index in [1.54, 1.807) is 0 Å². The van der Waals surface area contributed by atoms with Crippen LogP contribution in [0.3, 0.4) is 0 Å². The number of hydrogen-bond donors (Lipinski definition) is 2. The molecule has 0 radical (unpaired) electrons. The van der Waals surface area contributed by atoms with Crippen molar-refractivity contribution in [2.45, 2.75) is 32.2 Å². The molecule has 1 aromatic rings. The molecule has 1 aliphatic rings. The number of hydrogen-bond acceptors (Lipinski definition) is 2. The lowest BCUT2D eigenvalue weighted by atomic mass is 9.96. The lowest BCUT2D eigenvalue weighted by Crippen LogP contribution is -2.26. The van der Waals surface area contributed by atoms with Gasteiger partial charge >= 0.3 is 0 Å². The van der Waals surface area contributed by atoms with Crippen molar-refractivity contribution in [3.63, 3.8) is 0 Å². The third-order valence-electron chi connectivity index (χ3n) is 2.95. The molecule has 1 atom stereocenters. The van der Waals surface area contributed by atoms with Gasteiger partial charge in [-0.25, -0.2) is 0 Å². The second kappa shape index (κ2) is 4.01. The van der Waals surface area contributed by atoms with E-state index < -0.39 is 0 Å². The number of phenols is 1. The second-order valence-corrected chi connectivity index (χ2v) is 4.05. The minimum atomic E-state index is 0.412. The van der Waals surface area contributed by atoms with Crippen LogP contribution in [0.4, 0.5) is 0 Å². The summed E-state index contributed by atoms with van der Waals surface area (Å²) in [4.78, 5) is 0. The molecule has 2 N–H and O–H groups in total. The first-order valence-corrected chi connectivity index (χ1v) is 5.30.